The highest BCUT2D eigenvalue weighted by Crippen LogP contribution is 2.28. The number of likely N-dealkylation sites (N-methyl/N-ethyl adjacent to an activating group) is 1. The topological polar surface area (TPSA) is 98.4 Å². The van der Waals surface area contributed by atoms with Crippen LogP contribution in [0.2, 0.25) is 0 Å². The van der Waals surface area contributed by atoms with E-state index in [4.69, 9.17) is 0 Å². The molecule has 1 unspecified atom stereocenters. The lowest BCUT2D eigenvalue weighted by molar-refractivity contribution is 0.102. The Kier molecular flexibility index (Phi) is 8.56. The minimum absolute atomic E-state index is 0.195. The van der Waals surface area contributed by atoms with Crippen LogP contribution in [0.1, 0.15) is 58.7 Å². The van der Waals surface area contributed by atoms with Crippen LogP contribution in [0.5, 0.6) is 0 Å². The molecule has 9 heteroatoms. The SMILES string of the molecule is CCCCC(NC(=O)Nc1cccc(NC)c1)c1cccc(C(=O)Nc2nc3c(s2)CN(C)CC3)c1. The van der Waals surface area contributed by atoms with E-state index < -0.39 is 0 Å². The average Bonchev–Trinajstić information content (AvgIpc) is 3.27. The summed E-state index contributed by atoms with van der Waals surface area (Å²) in [5.41, 5.74) is 4.15. The second kappa shape index (κ2) is 12.0. The van der Waals surface area contributed by atoms with Gasteiger partial charge in [-0.1, -0.05) is 38.0 Å². The lowest BCUT2D eigenvalue weighted by atomic mass is 9.99. The van der Waals surface area contributed by atoms with Gasteiger partial charge in [0, 0.05) is 48.4 Å². The van der Waals surface area contributed by atoms with Crippen molar-refractivity contribution in [2.75, 3.05) is 36.6 Å². The van der Waals surface area contributed by atoms with E-state index in [1.807, 2.05) is 49.5 Å². The number of aromatic nitrogens is 1. The Labute approximate surface area is 216 Å². The van der Waals surface area contributed by atoms with Gasteiger partial charge in [0.05, 0.1) is 11.7 Å². The molecule has 4 rings (SSSR count). The highest BCUT2D eigenvalue weighted by Gasteiger charge is 2.20. The number of fused-ring (bicyclic) bond motifs is 1. The van der Waals surface area contributed by atoms with Crippen LogP contribution in [-0.2, 0) is 13.0 Å². The van der Waals surface area contributed by atoms with Crippen molar-refractivity contribution in [3.63, 3.8) is 0 Å². The normalized spacial score (nSPS) is 14.0. The minimum atomic E-state index is -0.280. The molecule has 0 radical (unpaired) electrons. The van der Waals surface area contributed by atoms with Gasteiger partial charge >= 0.3 is 6.03 Å². The fourth-order valence-corrected chi connectivity index (χ4v) is 5.33. The molecule has 0 bridgehead atoms. The van der Waals surface area contributed by atoms with Gasteiger partial charge in [-0.05, 0) is 49.4 Å². The molecule has 1 aliphatic rings. The zero-order valence-electron chi connectivity index (χ0n) is 21.1. The fraction of sp³-hybridized carbons (Fsp3) is 0.370. The standard InChI is InChI=1S/C27H34N6O2S/c1-4-5-12-22(30-26(35)29-21-11-7-10-20(16-21)28-2)18-8-6-9-19(15-18)25(34)32-27-31-23-13-14-33(3)17-24(23)36-27/h6-11,15-16,22,28H,4-5,12-14,17H2,1-3H3,(H2,29,30,35)(H,31,32,34). The lowest BCUT2D eigenvalue weighted by Gasteiger charge is -2.20. The molecule has 190 valence electrons. The van der Waals surface area contributed by atoms with Gasteiger partial charge in [0.15, 0.2) is 5.13 Å². The first-order chi connectivity index (χ1) is 17.4. The largest absolute Gasteiger partial charge is 0.388 e. The molecule has 2 heterocycles. The van der Waals surface area contributed by atoms with Crippen LogP contribution >= 0.6 is 11.3 Å². The summed E-state index contributed by atoms with van der Waals surface area (Å²) >= 11 is 1.54. The van der Waals surface area contributed by atoms with Crippen LogP contribution in [0.4, 0.5) is 21.3 Å². The van der Waals surface area contributed by atoms with Crippen LogP contribution in [-0.4, -0.2) is 42.5 Å². The van der Waals surface area contributed by atoms with E-state index in [2.05, 4.69) is 45.1 Å². The number of carbonyl (C=O) groups excluding carboxylic acids is 2. The summed E-state index contributed by atoms with van der Waals surface area (Å²) in [7, 11) is 3.93. The number of amides is 3. The van der Waals surface area contributed by atoms with Crippen LogP contribution in [0.15, 0.2) is 48.5 Å². The van der Waals surface area contributed by atoms with Crippen molar-refractivity contribution >= 4 is 39.8 Å². The number of rotatable bonds is 9. The van der Waals surface area contributed by atoms with Crippen molar-refractivity contribution in [3.8, 4) is 0 Å². The van der Waals surface area contributed by atoms with Crippen molar-refractivity contribution < 1.29 is 9.59 Å². The maximum Gasteiger partial charge on any atom is 0.319 e. The number of nitrogens with one attached hydrogen (secondary N) is 4. The predicted molar refractivity (Wildman–Crippen MR) is 147 cm³/mol. The van der Waals surface area contributed by atoms with Gasteiger partial charge in [-0.2, -0.15) is 0 Å². The Morgan fingerprint density at radius 2 is 1.92 bits per heavy atom. The molecule has 0 fully saturated rings. The third-order valence-electron chi connectivity index (χ3n) is 6.25. The van der Waals surface area contributed by atoms with Crippen molar-refractivity contribution in [2.45, 2.75) is 45.2 Å². The second-order valence-electron chi connectivity index (χ2n) is 9.08. The number of nitrogens with zero attached hydrogens (tertiary/aromatic N) is 2. The number of hydrogen-bond acceptors (Lipinski definition) is 6. The van der Waals surface area contributed by atoms with Crippen molar-refractivity contribution in [2.24, 2.45) is 0 Å². The number of unbranched alkanes of at least 4 members (excludes halogenated alkanes) is 1. The molecule has 1 aromatic heterocycles. The summed E-state index contributed by atoms with van der Waals surface area (Å²) in [6.45, 7) is 3.97. The fourth-order valence-electron chi connectivity index (χ4n) is 4.25. The maximum atomic E-state index is 13.0. The molecular formula is C27H34N6O2S. The van der Waals surface area contributed by atoms with Crippen LogP contribution in [0, 0.1) is 0 Å². The Bertz CT molecular complexity index is 1210. The van der Waals surface area contributed by atoms with Crippen LogP contribution in [0.25, 0.3) is 0 Å². The van der Waals surface area contributed by atoms with Crippen molar-refractivity contribution in [1.82, 2.24) is 15.2 Å². The summed E-state index contributed by atoms with van der Waals surface area (Å²) in [4.78, 5) is 33.9. The Morgan fingerprint density at radius 3 is 2.72 bits per heavy atom. The van der Waals surface area contributed by atoms with Gasteiger partial charge in [0.25, 0.3) is 5.91 Å². The summed E-state index contributed by atoms with van der Waals surface area (Å²) in [5.74, 6) is -0.195. The molecule has 8 nitrogen and oxygen atoms in total. The van der Waals surface area contributed by atoms with E-state index in [9.17, 15) is 9.59 Å². The molecule has 0 saturated carbocycles. The molecule has 2 aromatic carbocycles. The van der Waals surface area contributed by atoms with Gasteiger partial charge in [-0.25, -0.2) is 9.78 Å². The number of carbonyl (C=O) groups is 2. The quantitative estimate of drug-likeness (QED) is 0.308. The smallest absolute Gasteiger partial charge is 0.319 e. The van der Waals surface area contributed by atoms with E-state index in [0.717, 1.165) is 55.7 Å². The van der Waals surface area contributed by atoms with Gasteiger partial charge in [-0.15, -0.1) is 11.3 Å². The van der Waals surface area contributed by atoms with Gasteiger partial charge < -0.3 is 20.9 Å². The first kappa shape index (κ1) is 25.7. The summed E-state index contributed by atoms with van der Waals surface area (Å²) in [6, 6.07) is 14.5. The Hall–Kier alpha value is -3.43. The van der Waals surface area contributed by atoms with E-state index >= 15 is 0 Å². The minimum Gasteiger partial charge on any atom is -0.388 e. The molecule has 0 spiro atoms. The summed E-state index contributed by atoms with van der Waals surface area (Å²) in [5, 5.41) is 12.7. The number of benzene rings is 2. The van der Waals surface area contributed by atoms with Gasteiger partial charge in [0.2, 0.25) is 0 Å². The van der Waals surface area contributed by atoms with Gasteiger partial charge in [-0.3, -0.25) is 10.1 Å². The Morgan fingerprint density at radius 1 is 1.11 bits per heavy atom. The zero-order chi connectivity index (χ0) is 25.5. The number of hydrogen-bond donors (Lipinski definition) is 4. The van der Waals surface area contributed by atoms with E-state index in [1.165, 1.54) is 4.88 Å². The number of anilines is 3. The zero-order valence-corrected chi connectivity index (χ0v) is 21.9. The molecule has 3 amide bonds. The molecule has 36 heavy (non-hydrogen) atoms. The second-order valence-corrected chi connectivity index (χ2v) is 10.2. The molecule has 4 N–H and O–H groups in total. The van der Waals surface area contributed by atoms with Crippen molar-refractivity contribution in [3.05, 3.63) is 70.2 Å². The van der Waals surface area contributed by atoms with Crippen LogP contribution < -0.4 is 21.3 Å². The third-order valence-corrected chi connectivity index (χ3v) is 7.25. The molecule has 3 aromatic rings. The number of urea groups is 1. The van der Waals surface area contributed by atoms with E-state index in [1.54, 1.807) is 17.4 Å². The highest BCUT2D eigenvalue weighted by atomic mass is 32.1. The van der Waals surface area contributed by atoms with Crippen LogP contribution in [0.3, 0.4) is 0 Å². The van der Waals surface area contributed by atoms with Crippen molar-refractivity contribution in [1.29, 1.82) is 0 Å². The molecule has 0 aliphatic carbocycles. The van der Waals surface area contributed by atoms with E-state index in [0.29, 0.717) is 16.4 Å². The highest BCUT2D eigenvalue weighted by molar-refractivity contribution is 7.15. The van der Waals surface area contributed by atoms with Gasteiger partial charge in [0.1, 0.15) is 0 Å². The Balaban J connectivity index is 1.45. The molecular weight excluding hydrogens is 472 g/mol. The average molecular weight is 507 g/mol. The predicted octanol–water partition coefficient (Wildman–Crippen LogP) is 5.48. The first-order valence-electron chi connectivity index (χ1n) is 12.4. The first-order valence-corrected chi connectivity index (χ1v) is 13.2. The maximum absolute atomic E-state index is 13.0. The van der Waals surface area contributed by atoms with E-state index in [-0.39, 0.29) is 18.0 Å². The molecule has 0 saturated heterocycles. The number of thiazole rings is 1. The summed E-state index contributed by atoms with van der Waals surface area (Å²) < 4.78 is 0. The molecule has 1 atom stereocenters. The third kappa shape index (κ3) is 6.61. The summed E-state index contributed by atoms with van der Waals surface area (Å²) in [6.07, 6.45) is 3.64. The monoisotopic (exact) mass is 506 g/mol. The lowest BCUT2D eigenvalue weighted by Crippen LogP contribution is -2.32. The molecule has 1 aliphatic heterocycles.